The molecule has 13 heteroatoms. The number of fused-ring (bicyclic) bond motifs is 1. The van der Waals surface area contributed by atoms with Gasteiger partial charge in [0.25, 0.3) is 5.91 Å². The van der Waals surface area contributed by atoms with E-state index < -0.39 is 29.1 Å². The number of aromatic nitrogens is 2. The van der Waals surface area contributed by atoms with Gasteiger partial charge >= 0.3 is 12.5 Å². The number of carbonyl (C=O) groups excluding carboxylic acids is 1. The number of halogens is 6. The molecule has 3 saturated carbocycles. The fourth-order valence-corrected chi connectivity index (χ4v) is 5.43. The molecule has 0 radical (unpaired) electrons. The molecule has 200 valence electrons. The molecule has 2 heterocycles. The Hall–Kier alpha value is -3.54. The number of ether oxygens (including phenoxy) is 3. The Balaban J connectivity index is 1.29. The summed E-state index contributed by atoms with van der Waals surface area (Å²) in [4.78, 5) is 14.4. The Morgan fingerprint density at radius 1 is 1.16 bits per heavy atom. The van der Waals surface area contributed by atoms with E-state index in [0.717, 1.165) is 23.9 Å². The summed E-state index contributed by atoms with van der Waals surface area (Å²) in [6.07, 6.45) is -5.72. The summed E-state index contributed by atoms with van der Waals surface area (Å²) in [5.41, 5.74) is -0.878. The smallest absolute Gasteiger partial charge is 0.476 e. The first-order chi connectivity index (χ1) is 17.8. The van der Waals surface area contributed by atoms with Gasteiger partial charge < -0.3 is 19.1 Å². The molecule has 0 spiro atoms. The lowest BCUT2D eigenvalue weighted by Gasteiger charge is -2.61. The van der Waals surface area contributed by atoms with Crippen LogP contribution in [0.4, 0.5) is 27.6 Å². The summed E-state index contributed by atoms with van der Waals surface area (Å²) in [7, 11) is 1.41. The largest absolute Gasteiger partial charge is 0.586 e. The Bertz CT molecular complexity index is 1440. The molecule has 3 aromatic rings. The molecular weight excluding hydrogens is 537 g/mol. The van der Waals surface area contributed by atoms with Gasteiger partial charge in [0.15, 0.2) is 17.2 Å². The first kappa shape index (κ1) is 24.8. The van der Waals surface area contributed by atoms with Gasteiger partial charge in [0.05, 0.1) is 12.3 Å². The summed E-state index contributed by atoms with van der Waals surface area (Å²) in [6, 6.07) is 9.61. The van der Waals surface area contributed by atoms with Crippen molar-refractivity contribution >= 4 is 23.2 Å². The standard InChI is InChI=1S/C25H19ClF5N3O4/c1-33(15-5-6-17-18(8-15)38-25(30,31)37-17)21(35)14-3-2-4-16(7-14)34-22(19(26)20(32-34)24(27,28)29)36-12-23-9-13(10-23)11-23/h2-8,13H,9-12H2,1H3. The molecule has 0 N–H and O–H groups in total. The number of hydrogen-bond acceptors (Lipinski definition) is 5. The monoisotopic (exact) mass is 555 g/mol. The number of alkyl halides is 5. The number of rotatable bonds is 6. The maximum Gasteiger partial charge on any atom is 0.586 e. The van der Waals surface area contributed by atoms with Crippen LogP contribution in [-0.4, -0.2) is 35.6 Å². The molecule has 0 atom stereocenters. The average molecular weight is 556 g/mol. The van der Waals surface area contributed by atoms with Crippen molar-refractivity contribution in [3.05, 3.63) is 58.7 Å². The maximum atomic E-state index is 13.6. The van der Waals surface area contributed by atoms with Gasteiger partial charge in [0, 0.05) is 29.8 Å². The van der Waals surface area contributed by atoms with Crippen molar-refractivity contribution < 1.29 is 41.0 Å². The number of anilines is 1. The van der Waals surface area contributed by atoms with Crippen LogP contribution in [0.25, 0.3) is 5.69 Å². The lowest BCUT2D eigenvalue weighted by Crippen LogP contribution is -2.55. The summed E-state index contributed by atoms with van der Waals surface area (Å²) in [5, 5.41) is 3.02. The predicted molar refractivity (Wildman–Crippen MR) is 124 cm³/mol. The van der Waals surface area contributed by atoms with Gasteiger partial charge in [-0.1, -0.05) is 17.7 Å². The van der Waals surface area contributed by atoms with Gasteiger partial charge in [-0.25, -0.2) is 0 Å². The third kappa shape index (κ3) is 4.11. The molecule has 4 aliphatic rings. The van der Waals surface area contributed by atoms with Crippen LogP contribution >= 0.6 is 11.6 Å². The molecular formula is C25H19ClF5N3O4. The van der Waals surface area contributed by atoms with E-state index in [4.69, 9.17) is 16.3 Å². The maximum absolute atomic E-state index is 13.6. The van der Waals surface area contributed by atoms with E-state index in [0.29, 0.717) is 5.92 Å². The molecule has 2 aromatic carbocycles. The van der Waals surface area contributed by atoms with Gasteiger partial charge in [-0.05, 0) is 55.5 Å². The SMILES string of the molecule is CN(C(=O)c1cccc(-n2nc(C(F)(F)F)c(Cl)c2OCC23CC(C2)C3)c1)c1ccc2c(c1)OC(F)(F)O2. The van der Waals surface area contributed by atoms with Gasteiger partial charge in [-0.15, -0.1) is 8.78 Å². The van der Waals surface area contributed by atoms with E-state index in [2.05, 4.69) is 14.6 Å². The van der Waals surface area contributed by atoms with E-state index in [9.17, 15) is 26.7 Å². The van der Waals surface area contributed by atoms with Crippen LogP contribution < -0.4 is 19.1 Å². The number of carbonyl (C=O) groups is 1. The zero-order chi connectivity index (χ0) is 27.0. The first-order valence-corrected chi connectivity index (χ1v) is 12.0. The molecule has 0 saturated heterocycles. The number of hydrogen-bond donors (Lipinski definition) is 0. The normalized spacial score (nSPS) is 22.4. The highest BCUT2D eigenvalue weighted by atomic mass is 35.5. The molecule has 2 bridgehead atoms. The van der Waals surface area contributed by atoms with Crippen molar-refractivity contribution in [2.24, 2.45) is 11.3 Å². The van der Waals surface area contributed by atoms with Gasteiger partial charge in [0.1, 0.15) is 5.02 Å². The van der Waals surface area contributed by atoms with Crippen molar-refractivity contribution in [3.63, 3.8) is 0 Å². The van der Waals surface area contributed by atoms with E-state index in [1.54, 1.807) is 0 Å². The minimum atomic E-state index is -4.82. The Morgan fingerprint density at radius 3 is 2.53 bits per heavy atom. The second-order valence-corrected chi connectivity index (χ2v) is 10.2. The fourth-order valence-electron chi connectivity index (χ4n) is 5.15. The van der Waals surface area contributed by atoms with Crippen LogP contribution in [0.15, 0.2) is 42.5 Å². The first-order valence-electron chi connectivity index (χ1n) is 11.6. The second-order valence-electron chi connectivity index (χ2n) is 9.86. The van der Waals surface area contributed by atoms with Crippen LogP contribution in [0.2, 0.25) is 5.02 Å². The minimum absolute atomic E-state index is 0.0312. The Morgan fingerprint density at radius 2 is 1.87 bits per heavy atom. The highest BCUT2D eigenvalue weighted by Crippen LogP contribution is 2.64. The summed E-state index contributed by atoms with van der Waals surface area (Å²) in [5.74, 6) is -0.576. The lowest BCUT2D eigenvalue weighted by atomic mass is 9.45. The summed E-state index contributed by atoms with van der Waals surface area (Å²) < 4.78 is 83.1. The predicted octanol–water partition coefficient (Wildman–Crippen LogP) is 6.32. The highest BCUT2D eigenvalue weighted by molar-refractivity contribution is 6.32. The van der Waals surface area contributed by atoms with Crippen molar-refractivity contribution in [2.45, 2.75) is 31.7 Å². The van der Waals surface area contributed by atoms with Crippen LogP contribution in [0, 0.1) is 11.3 Å². The second kappa shape index (κ2) is 8.23. The number of benzene rings is 2. The zero-order valence-corrected chi connectivity index (χ0v) is 20.4. The van der Waals surface area contributed by atoms with Crippen molar-refractivity contribution in [2.75, 3.05) is 18.6 Å². The molecule has 7 rings (SSSR count). The summed E-state index contributed by atoms with van der Waals surface area (Å²) >= 11 is 6.09. The topological polar surface area (TPSA) is 65.8 Å². The fraction of sp³-hybridized carbons (Fsp3) is 0.360. The molecule has 38 heavy (non-hydrogen) atoms. The quantitative estimate of drug-likeness (QED) is 0.333. The molecule has 0 unspecified atom stereocenters. The molecule has 7 nitrogen and oxygen atoms in total. The number of amides is 1. The molecule has 3 fully saturated rings. The van der Waals surface area contributed by atoms with E-state index in [1.807, 2.05) is 0 Å². The Kier molecular flexibility index (Phi) is 5.36. The van der Waals surface area contributed by atoms with Crippen LogP contribution in [0.1, 0.15) is 35.3 Å². The third-order valence-electron chi connectivity index (χ3n) is 7.15. The van der Waals surface area contributed by atoms with Gasteiger partial charge in [-0.3, -0.25) is 4.79 Å². The summed E-state index contributed by atoms with van der Waals surface area (Å²) in [6.45, 7) is 0.219. The van der Waals surface area contributed by atoms with E-state index in [1.165, 1.54) is 54.4 Å². The third-order valence-corrected chi connectivity index (χ3v) is 7.49. The number of nitrogens with zero attached hydrogens (tertiary/aromatic N) is 3. The zero-order valence-electron chi connectivity index (χ0n) is 19.7. The Labute approximate surface area is 217 Å². The van der Waals surface area contributed by atoms with Gasteiger partial charge in [0.2, 0.25) is 5.88 Å². The van der Waals surface area contributed by atoms with Crippen molar-refractivity contribution in [1.82, 2.24) is 9.78 Å². The molecule has 1 aromatic heterocycles. The molecule has 1 amide bonds. The molecule has 3 aliphatic carbocycles. The average Bonchev–Trinajstić information content (AvgIpc) is 3.30. The minimum Gasteiger partial charge on any atom is -0.476 e. The lowest BCUT2D eigenvalue weighted by molar-refractivity contribution is -0.286. The van der Waals surface area contributed by atoms with Crippen molar-refractivity contribution in [1.29, 1.82) is 0 Å². The van der Waals surface area contributed by atoms with Gasteiger partial charge in [-0.2, -0.15) is 23.0 Å². The highest BCUT2D eigenvalue weighted by Gasteiger charge is 2.57. The van der Waals surface area contributed by atoms with Crippen LogP contribution in [-0.2, 0) is 6.18 Å². The van der Waals surface area contributed by atoms with Crippen LogP contribution in [0.5, 0.6) is 17.4 Å². The van der Waals surface area contributed by atoms with Crippen molar-refractivity contribution in [3.8, 4) is 23.1 Å². The van der Waals surface area contributed by atoms with E-state index in [-0.39, 0.29) is 46.3 Å². The van der Waals surface area contributed by atoms with Crippen LogP contribution in [0.3, 0.4) is 0 Å². The van der Waals surface area contributed by atoms with E-state index >= 15 is 0 Å². The molecule has 1 aliphatic heterocycles.